The molecule has 1 amide bonds. The summed E-state index contributed by atoms with van der Waals surface area (Å²) in [5.74, 6) is 0.218. The topological polar surface area (TPSA) is 73.6 Å². The number of hydrogen-bond donors (Lipinski definition) is 2. The molecule has 0 radical (unpaired) electrons. The zero-order chi connectivity index (χ0) is 15.2. The highest BCUT2D eigenvalue weighted by Crippen LogP contribution is 2.26. The number of amides is 1. The van der Waals surface area contributed by atoms with Crippen molar-refractivity contribution in [2.75, 3.05) is 25.5 Å². The van der Waals surface area contributed by atoms with Crippen LogP contribution in [0.5, 0.6) is 5.75 Å². The number of hydrogen-bond acceptors (Lipinski definition) is 4. The maximum atomic E-state index is 12.2. The van der Waals surface area contributed by atoms with Gasteiger partial charge in [0.25, 0.3) is 5.91 Å². The van der Waals surface area contributed by atoms with Crippen molar-refractivity contribution < 1.29 is 14.3 Å². The van der Waals surface area contributed by atoms with Crippen LogP contribution in [0.3, 0.4) is 0 Å². The van der Waals surface area contributed by atoms with E-state index < -0.39 is 5.60 Å². The molecule has 5 nitrogen and oxygen atoms in total. The molecule has 0 fully saturated rings. The predicted molar refractivity (Wildman–Crippen MR) is 80.1 cm³/mol. The van der Waals surface area contributed by atoms with E-state index in [1.165, 1.54) is 0 Å². The second kappa shape index (κ2) is 7.14. The van der Waals surface area contributed by atoms with Crippen molar-refractivity contribution >= 4 is 11.6 Å². The molecule has 0 unspecified atom stereocenters. The molecule has 0 heterocycles. The Hall–Kier alpha value is -1.75. The number of benzene rings is 1. The van der Waals surface area contributed by atoms with Gasteiger partial charge in [0.1, 0.15) is 0 Å². The van der Waals surface area contributed by atoms with Gasteiger partial charge in [-0.05, 0) is 39.8 Å². The molecule has 112 valence electrons. The summed E-state index contributed by atoms with van der Waals surface area (Å²) >= 11 is 0. The number of anilines is 1. The lowest BCUT2D eigenvalue weighted by atomic mass is 10.1. The van der Waals surface area contributed by atoms with Crippen molar-refractivity contribution in [3.8, 4) is 5.75 Å². The van der Waals surface area contributed by atoms with Crippen LogP contribution in [-0.2, 0) is 4.74 Å². The number of para-hydroxylation sites is 1. The van der Waals surface area contributed by atoms with Gasteiger partial charge < -0.3 is 20.5 Å². The van der Waals surface area contributed by atoms with Crippen LogP contribution in [0.2, 0.25) is 0 Å². The van der Waals surface area contributed by atoms with Crippen LogP contribution in [0, 0.1) is 0 Å². The molecule has 0 saturated carbocycles. The lowest BCUT2D eigenvalue weighted by Gasteiger charge is -2.25. The summed E-state index contributed by atoms with van der Waals surface area (Å²) in [5, 5.41) is 2.85. The molecule has 1 aromatic carbocycles. The molecule has 5 heteroatoms. The van der Waals surface area contributed by atoms with E-state index >= 15 is 0 Å². The van der Waals surface area contributed by atoms with Crippen LogP contribution in [0.4, 0.5) is 5.69 Å². The maximum Gasteiger partial charge on any atom is 0.255 e. The lowest BCUT2D eigenvalue weighted by molar-refractivity contribution is -0.00817. The standard InChI is InChI=1S/C15H24N2O3/c1-5-19-13-11(8-7-9-12(13)16)14(18)17-10-15(3,4)20-6-2/h7-9H,5-6,10,16H2,1-4H3,(H,17,18). The molecule has 0 aliphatic carbocycles. The van der Waals surface area contributed by atoms with Crippen molar-refractivity contribution in [1.29, 1.82) is 0 Å². The number of nitrogens with one attached hydrogen (secondary N) is 1. The van der Waals surface area contributed by atoms with Gasteiger partial charge in [-0.25, -0.2) is 0 Å². The Morgan fingerprint density at radius 2 is 2.00 bits per heavy atom. The fourth-order valence-electron chi connectivity index (χ4n) is 1.87. The number of nitrogens with two attached hydrogens (primary N) is 1. The van der Waals surface area contributed by atoms with Crippen LogP contribution in [0.1, 0.15) is 38.1 Å². The van der Waals surface area contributed by atoms with Crippen molar-refractivity contribution in [3.63, 3.8) is 0 Å². The molecule has 0 saturated heterocycles. The Bertz CT molecular complexity index is 458. The van der Waals surface area contributed by atoms with Gasteiger partial charge in [0.05, 0.1) is 23.5 Å². The van der Waals surface area contributed by atoms with E-state index in [0.717, 1.165) is 0 Å². The minimum Gasteiger partial charge on any atom is -0.491 e. The Morgan fingerprint density at radius 3 is 2.60 bits per heavy atom. The third-order valence-electron chi connectivity index (χ3n) is 2.79. The summed E-state index contributed by atoms with van der Waals surface area (Å²) in [7, 11) is 0. The lowest BCUT2D eigenvalue weighted by Crippen LogP contribution is -2.40. The average molecular weight is 280 g/mol. The van der Waals surface area contributed by atoms with Gasteiger partial charge in [0, 0.05) is 13.2 Å². The minimum absolute atomic E-state index is 0.214. The second-order valence-corrected chi connectivity index (χ2v) is 5.03. The minimum atomic E-state index is -0.406. The number of ether oxygens (including phenoxy) is 2. The molecule has 0 aromatic heterocycles. The summed E-state index contributed by atoms with van der Waals surface area (Å²) in [4.78, 5) is 12.2. The molecule has 20 heavy (non-hydrogen) atoms. The van der Waals surface area contributed by atoms with Crippen molar-refractivity contribution in [1.82, 2.24) is 5.32 Å². The number of carbonyl (C=O) groups excluding carboxylic acids is 1. The van der Waals surface area contributed by atoms with Crippen LogP contribution < -0.4 is 15.8 Å². The molecular formula is C15H24N2O3. The summed E-state index contributed by atoms with van der Waals surface area (Å²) in [5.41, 5.74) is 6.34. The van der Waals surface area contributed by atoms with Crippen LogP contribution >= 0.6 is 0 Å². The average Bonchev–Trinajstić information content (AvgIpc) is 2.38. The van der Waals surface area contributed by atoms with E-state index in [1.807, 2.05) is 27.7 Å². The van der Waals surface area contributed by atoms with E-state index in [-0.39, 0.29) is 5.91 Å². The number of rotatable bonds is 7. The highest BCUT2D eigenvalue weighted by atomic mass is 16.5. The van der Waals surface area contributed by atoms with E-state index in [0.29, 0.717) is 36.8 Å². The van der Waals surface area contributed by atoms with Gasteiger partial charge in [-0.15, -0.1) is 0 Å². The summed E-state index contributed by atoms with van der Waals surface area (Å²) < 4.78 is 11.0. The Balaban J connectivity index is 2.80. The molecule has 1 rings (SSSR count). The normalized spacial score (nSPS) is 11.2. The van der Waals surface area contributed by atoms with E-state index in [2.05, 4.69) is 5.32 Å². The first-order valence-electron chi connectivity index (χ1n) is 6.84. The van der Waals surface area contributed by atoms with Gasteiger partial charge in [0.15, 0.2) is 5.75 Å². The number of nitrogen functional groups attached to an aromatic ring is 1. The smallest absolute Gasteiger partial charge is 0.255 e. The Kier molecular flexibility index (Phi) is 5.82. The van der Waals surface area contributed by atoms with Gasteiger partial charge in [-0.2, -0.15) is 0 Å². The Labute approximate surface area is 120 Å². The zero-order valence-electron chi connectivity index (χ0n) is 12.7. The summed E-state index contributed by atoms with van der Waals surface area (Å²) in [6.45, 7) is 9.12. The van der Waals surface area contributed by atoms with Gasteiger partial charge >= 0.3 is 0 Å². The largest absolute Gasteiger partial charge is 0.491 e. The van der Waals surface area contributed by atoms with E-state index in [1.54, 1.807) is 18.2 Å². The van der Waals surface area contributed by atoms with Crippen LogP contribution in [0.25, 0.3) is 0 Å². The summed E-state index contributed by atoms with van der Waals surface area (Å²) in [6.07, 6.45) is 0. The molecule has 0 bridgehead atoms. The first kappa shape index (κ1) is 16.3. The third-order valence-corrected chi connectivity index (χ3v) is 2.79. The first-order valence-corrected chi connectivity index (χ1v) is 6.84. The van der Waals surface area contributed by atoms with Crippen LogP contribution in [0.15, 0.2) is 18.2 Å². The van der Waals surface area contributed by atoms with Crippen molar-refractivity contribution in [2.24, 2.45) is 0 Å². The fraction of sp³-hybridized carbons (Fsp3) is 0.533. The van der Waals surface area contributed by atoms with Gasteiger partial charge in [-0.1, -0.05) is 6.07 Å². The highest BCUT2D eigenvalue weighted by Gasteiger charge is 2.21. The molecule has 1 aromatic rings. The van der Waals surface area contributed by atoms with Gasteiger partial charge in [-0.3, -0.25) is 4.79 Å². The van der Waals surface area contributed by atoms with Crippen molar-refractivity contribution in [2.45, 2.75) is 33.3 Å². The Morgan fingerprint density at radius 1 is 1.30 bits per heavy atom. The second-order valence-electron chi connectivity index (χ2n) is 5.03. The van der Waals surface area contributed by atoms with Gasteiger partial charge in [0.2, 0.25) is 0 Å². The maximum absolute atomic E-state index is 12.2. The SMILES string of the molecule is CCOc1c(N)cccc1C(=O)NCC(C)(C)OCC. The van der Waals surface area contributed by atoms with E-state index in [4.69, 9.17) is 15.2 Å². The molecule has 3 N–H and O–H groups in total. The molecule has 0 aliphatic heterocycles. The zero-order valence-corrected chi connectivity index (χ0v) is 12.7. The highest BCUT2D eigenvalue weighted by molar-refractivity contribution is 5.98. The van der Waals surface area contributed by atoms with Crippen LogP contribution in [-0.4, -0.2) is 31.3 Å². The van der Waals surface area contributed by atoms with E-state index in [9.17, 15) is 4.79 Å². The summed E-state index contributed by atoms with van der Waals surface area (Å²) in [6, 6.07) is 5.15. The predicted octanol–water partition coefficient (Wildman–Crippen LogP) is 2.21. The number of carbonyl (C=O) groups is 1. The van der Waals surface area contributed by atoms with Crippen molar-refractivity contribution in [3.05, 3.63) is 23.8 Å². The quantitative estimate of drug-likeness (QED) is 0.751. The molecule has 0 aliphatic rings. The molecular weight excluding hydrogens is 256 g/mol. The monoisotopic (exact) mass is 280 g/mol. The molecule has 0 spiro atoms. The first-order chi connectivity index (χ1) is 9.41. The molecule has 0 atom stereocenters. The third kappa shape index (κ3) is 4.42. The fourth-order valence-corrected chi connectivity index (χ4v) is 1.87.